The van der Waals surface area contributed by atoms with Crippen molar-refractivity contribution < 1.29 is 9.59 Å². The number of nitrogens with one attached hydrogen (secondary N) is 3. The zero-order chi connectivity index (χ0) is 21.7. The molecule has 3 rings (SSSR count). The highest BCUT2D eigenvalue weighted by Gasteiger charge is 2.29. The molecule has 1 aliphatic heterocycles. The van der Waals surface area contributed by atoms with E-state index in [0.717, 1.165) is 27.0 Å². The number of urea groups is 1. The van der Waals surface area contributed by atoms with Gasteiger partial charge in [-0.15, -0.1) is 0 Å². The molecule has 2 heterocycles. The summed E-state index contributed by atoms with van der Waals surface area (Å²) in [5, 5.41) is 13.0. The minimum absolute atomic E-state index is 0.163. The molecule has 0 aliphatic carbocycles. The molecule has 0 saturated heterocycles. The van der Waals surface area contributed by atoms with Gasteiger partial charge in [-0.3, -0.25) is 9.78 Å². The van der Waals surface area contributed by atoms with Gasteiger partial charge in [0.15, 0.2) is 0 Å². The second-order valence-corrected chi connectivity index (χ2v) is 8.14. The number of amides is 3. The Labute approximate surface area is 184 Å². The van der Waals surface area contributed by atoms with Crippen molar-refractivity contribution in [1.29, 1.82) is 5.41 Å². The number of anilines is 1. The molecular weight excluding hydrogens is 446 g/mol. The molecule has 1 aromatic heterocycles. The number of pyridine rings is 1. The van der Waals surface area contributed by atoms with Crippen LogP contribution in [-0.2, 0) is 17.6 Å². The Morgan fingerprint density at radius 3 is 2.87 bits per heavy atom. The monoisotopic (exact) mass is 469 g/mol. The third-order valence-electron chi connectivity index (χ3n) is 5.00. The highest BCUT2D eigenvalue weighted by Crippen LogP contribution is 2.29. The molecule has 0 saturated carbocycles. The molecular formula is C22H24BrN5O2. The van der Waals surface area contributed by atoms with Gasteiger partial charge in [0.1, 0.15) is 6.04 Å². The highest BCUT2D eigenvalue weighted by molar-refractivity contribution is 9.10. The lowest BCUT2D eigenvalue weighted by Crippen LogP contribution is -2.49. The van der Waals surface area contributed by atoms with Crippen LogP contribution in [0.2, 0.25) is 0 Å². The largest absolute Gasteiger partial charge is 0.326 e. The second-order valence-electron chi connectivity index (χ2n) is 7.23. The number of carbonyl (C=O) groups excluding carboxylic acids is 2. The van der Waals surface area contributed by atoms with E-state index in [1.807, 2.05) is 37.3 Å². The maximum Gasteiger partial charge on any atom is 0.319 e. The Bertz CT molecular complexity index is 988. The third-order valence-corrected chi connectivity index (χ3v) is 5.49. The quantitative estimate of drug-likeness (QED) is 0.584. The van der Waals surface area contributed by atoms with Crippen LogP contribution in [0.25, 0.3) is 0 Å². The van der Waals surface area contributed by atoms with Crippen molar-refractivity contribution in [3.05, 3.63) is 69.6 Å². The number of aromatic nitrogens is 1. The molecule has 1 aromatic carbocycles. The topological polar surface area (TPSA) is 98.2 Å². The number of likely N-dealkylation sites (N-methyl/N-ethyl adjacent to an activating group) is 1. The highest BCUT2D eigenvalue weighted by atomic mass is 79.9. The minimum Gasteiger partial charge on any atom is -0.326 e. The van der Waals surface area contributed by atoms with Crippen molar-refractivity contribution in [3.8, 4) is 0 Å². The Balaban J connectivity index is 1.62. The normalized spacial score (nSPS) is 16.5. The molecule has 8 heteroatoms. The van der Waals surface area contributed by atoms with E-state index in [4.69, 9.17) is 5.41 Å². The smallest absolute Gasteiger partial charge is 0.319 e. The lowest BCUT2D eigenvalue weighted by molar-refractivity contribution is -0.120. The number of hydrogen-bond donors (Lipinski definition) is 3. The summed E-state index contributed by atoms with van der Waals surface area (Å²) in [6, 6.07) is 8.59. The van der Waals surface area contributed by atoms with Gasteiger partial charge in [0.05, 0.1) is 0 Å². The maximum absolute atomic E-state index is 12.8. The van der Waals surface area contributed by atoms with Crippen LogP contribution in [0.5, 0.6) is 0 Å². The van der Waals surface area contributed by atoms with Crippen molar-refractivity contribution >= 4 is 39.8 Å². The van der Waals surface area contributed by atoms with Crippen LogP contribution in [0, 0.1) is 12.3 Å². The average Bonchev–Trinajstić information content (AvgIpc) is 2.85. The van der Waals surface area contributed by atoms with Gasteiger partial charge < -0.3 is 20.9 Å². The van der Waals surface area contributed by atoms with E-state index >= 15 is 0 Å². The number of halogens is 1. The standard InChI is InChI=1S/C22H24BrN5O2/c1-14-3-4-15(12-25-14)9-16(11-24)13-26-22(30)27-19-8-6-17-5-7-18(23)10-20(17)28(2)21(19)29/h3-5,7,10-13,19,24H,6,8-9H2,1-2H3,(H2,26,27,30)/b16-13-,24-11?/t19-/m0/s1. The van der Waals surface area contributed by atoms with E-state index in [1.54, 1.807) is 18.1 Å². The lowest BCUT2D eigenvalue weighted by atomic mass is 10.1. The van der Waals surface area contributed by atoms with Gasteiger partial charge >= 0.3 is 6.03 Å². The van der Waals surface area contributed by atoms with Crippen LogP contribution in [0.1, 0.15) is 23.2 Å². The lowest BCUT2D eigenvalue weighted by Gasteiger charge is -2.22. The molecule has 1 atom stereocenters. The zero-order valence-electron chi connectivity index (χ0n) is 16.9. The minimum atomic E-state index is -0.626. The Morgan fingerprint density at radius 1 is 1.37 bits per heavy atom. The van der Waals surface area contributed by atoms with E-state index in [2.05, 4.69) is 31.5 Å². The fraction of sp³-hybridized carbons (Fsp3) is 0.273. The number of carbonyl (C=O) groups is 2. The average molecular weight is 470 g/mol. The summed E-state index contributed by atoms with van der Waals surface area (Å²) >= 11 is 3.44. The first-order valence-corrected chi connectivity index (χ1v) is 10.4. The SMILES string of the molecule is Cc1ccc(C/C(C=N)=C/NC(=O)N[C@H]2CCc3ccc(Br)cc3N(C)C2=O)cn1. The summed E-state index contributed by atoms with van der Waals surface area (Å²) in [6.45, 7) is 1.91. The first-order valence-electron chi connectivity index (χ1n) is 9.61. The van der Waals surface area contributed by atoms with Crippen LogP contribution in [-0.4, -0.2) is 36.2 Å². The molecule has 0 bridgehead atoms. The van der Waals surface area contributed by atoms with E-state index in [9.17, 15) is 9.59 Å². The van der Waals surface area contributed by atoms with Gasteiger partial charge in [0, 0.05) is 47.9 Å². The van der Waals surface area contributed by atoms with Crippen molar-refractivity contribution in [3.63, 3.8) is 0 Å². The van der Waals surface area contributed by atoms with Crippen LogP contribution in [0.15, 0.2) is 52.8 Å². The van der Waals surface area contributed by atoms with Gasteiger partial charge in [-0.2, -0.15) is 0 Å². The molecule has 30 heavy (non-hydrogen) atoms. The summed E-state index contributed by atoms with van der Waals surface area (Å²) in [4.78, 5) is 31.0. The molecule has 7 nitrogen and oxygen atoms in total. The second kappa shape index (κ2) is 9.67. The Hall–Kier alpha value is -3.00. The fourth-order valence-electron chi connectivity index (χ4n) is 3.31. The van der Waals surface area contributed by atoms with Gasteiger partial charge in [0.25, 0.3) is 0 Å². The molecule has 156 valence electrons. The summed E-state index contributed by atoms with van der Waals surface area (Å²) in [5.41, 5.74) is 4.40. The predicted octanol–water partition coefficient (Wildman–Crippen LogP) is 3.51. The molecule has 0 radical (unpaired) electrons. The molecule has 3 N–H and O–H groups in total. The number of hydrogen-bond acceptors (Lipinski definition) is 4. The van der Waals surface area contributed by atoms with Crippen molar-refractivity contribution in [2.45, 2.75) is 32.2 Å². The third kappa shape index (κ3) is 5.33. The number of nitrogens with zero attached hydrogens (tertiary/aromatic N) is 2. The van der Waals surface area contributed by atoms with Crippen molar-refractivity contribution in [1.82, 2.24) is 15.6 Å². The van der Waals surface area contributed by atoms with E-state index in [1.165, 1.54) is 12.4 Å². The number of fused-ring (bicyclic) bond motifs is 1. The number of benzene rings is 1. The molecule has 0 unspecified atom stereocenters. The number of rotatable bonds is 5. The maximum atomic E-state index is 12.8. The van der Waals surface area contributed by atoms with Gasteiger partial charge in [-0.05, 0) is 54.7 Å². The molecule has 1 aliphatic rings. The summed E-state index contributed by atoms with van der Waals surface area (Å²) in [7, 11) is 1.72. The van der Waals surface area contributed by atoms with Gasteiger partial charge in [0.2, 0.25) is 5.91 Å². The van der Waals surface area contributed by atoms with Crippen LogP contribution in [0.3, 0.4) is 0 Å². The molecule has 0 spiro atoms. The van der Waals surface area contributed by atoms with Crippen LogP contribution in [0.4, 0.5) is 10.5 Å². The zero-order valence-corrected chi connectivity index (χ0v) is 18.5. The number of aryl methyl sites for hydroxylation is 2. The molecule has 3 amide bonds. The Morgan fingerprint density at radius 2 is 2.17 bits per heavy atom. The van der Waals surface area contributed by atoms with E-state index in [0.29, 0.717) is 24.8 Å². The van der Waals surface area contributed by atoms with E-state index < -0.39 is 12.1 Å². The van der Waals surface area contributed by atoms with Crippen LogP contribution < -0.4 is 15.5 Å². The summed E-state index contributed by atoms with van der Waals surface area (Å²) in [5.74, 6) is -0.163. The fourth-order valence-corrected chi connectivity index (χ4v) is 3.66. The van der Waals surface area contributed by atoms with Crippen molar-refractivity contribution in [2.24, 2.45) is 0 Å². The molecule has 2 aromatic rings. The van der Waals surface area contributed by atoms with Crippen LogP contribution >= 0.6 is 15.9 Å². The van der Waals surface area contributed by atoms with Gasteiger partial charge in [-0.1, -0.05) is 28.1 Å². The predicted molar refractivity (Wildman–Crippen MR) is 121 cm³/mol. The van der Waals surface area contributed by atoms with Gasteiger partial charge in [-0.25, -0.2) is 4.79 Å². The number of allylic oxidation sites excluding steroid dienone is 1. The summed E-state index contributed by atoms with van der Waals surface area (Å²) < 4.78 is 0.901. The first kappa shape index (κ1) is 21.7. The van der Waals surface area contributed by atoms with Crippen molar-refractivity contribution in [2.75, 3.05) is 11.9 Å². The molecule has 0 fully saturated rings. The first-order chi connectivity index (χ1) is 14.4. The van der Waals surface area contributed by atoms with E-state index in [-0.39, 0.29) is 5.91 Å². The summed E-state index contributed by atoms with van der Waals surface area (Å²) in [6.07, 6.45) is 6.11. The Kier molecular flexibility index (Phi) is 6.99.